The van der Waals surface area contributed by atoms with E-state index in [0.717, 1.165) is 5.56 Å². The predicted octanol–water partition coefficient (Wildman–Crippen LogP) is 2.71. The van der Waals surface area contributed by atoms with Crippen LogP contribution in [-0.4, -0.2) is 11.9 Å². The molecule has 2 aromatic rings. The van der Waals surface area contributed by atoms with Crippen molar-refractivity contribution in [3.63, 3.8) is 0 Å². The first kappa shape index (κ1) is 14.3. The molecule has 0 fully saturated rings. The van der Waals surface area contributed by atoms with E-state index in [9.17, 15) is 4.79 Å². The molecule has 20 heavy (non-hydrogen) atoms. The van der Waals surface area contributed by atoms with Gasteiger partial charge in [0, 0.05) is 19.0 Å². The molecule has 0 spiro atoms. The van der Waals surface area contributed by atoms with Crippen molar-refractivity contribution >= 4 is 5.91 Å². The normalized spacial score (nSPS) is 11.9. The minimum atomic E-state index is -0.101. The Hall–Kier alpha value is -2.13. The van der Waals surface area contributed by atoms with Gasteiger partial charge in [-0.1, -0.05) is 54.6 Å². The number of nitrogens with two attached hydrogens (primary N) is 1. The molecule has 0 aliphatic rings. The van der Waals surface area contributed by atoms with Crippen LogP contribution in [0.5, 0.6) is 0 Å². The highest BCUT2D eigenvalue weighted by molar-refractivity contribution is 5.76. The molecule has 1 unspecified atom stereocenters. The molecule has 3 nitrogen and oxygen atoms in total. The Labute approximate surface area is 119 Å². The number of amides is 1. The summed E-state index contributed by atoms with van der Waals surface area (Å²) in [6, 6.07) is 18.3. The first-order valence-corrected chi connectivity index (χ1v) is 6.82. The van der Waals surface area contributed by atoms with Crippen molar-refractivity contribution in [1.29, 1.82) is 0 Å². The molecule has 1 atom stereocenters. The van der Waals surface area contributed by atoms with Gasteiger partial charge in [0.05, 0.1) is 0 Å². The van der Waals surface area contributed by atoms with Crippen LogP contribution >= 0.6 is 0 Å². The Balaban J connectivity index is 1.94. The average Bonchev–Trinajstić information content (AvgIpc) is 2.46. The standard InChI is InChI=1S/C17H20N2O/c1-13(18)11-17(20)19-12-14-7-9-16(10-8-14)15-5-3-2-4-6-15/h2-10,13H,11-12,18H2,1H3,(H,19,20). The van der Waals surface area contributed by atoms with E-state index in [1.807, 2.05) is 37.3 Å². The second-order valence-electron chi connectivity index (χ2n) is 5.02. The maximum Gasteiger partial charge on any atom is 0.221 e. The molecule has 0 aliphatic heterocycles. The van der Waals surface area contributed by atoms with Gasteiger partial charge in [0.15, 0.2) is 0 Å². The van der Waals surface area contributed by atoms with Gasteiger partial charge in [0.2, 0.25) is 5.91 Å². The topological polar surface area (TPSA) is 55.1 Å². The summed E-state index contributed by atoms with van der Waals surface area (Å²) < 4.78 is 0. The zero-order valence-electron chi connectivity index (χ0n) is 11.7. The summed E-state index contributed by atoms with van der Waals surface area (Å²) in [6.45, 7) is 2.37. The molecule has 104 valence electrons. The number of hydrogen-bond acceptors (Lipinski definition) is 2. The number of carbonyl (C=O) groups excluding carboxylic acids is 1. The van der Waals surface area contributed by atoms with E-state index in [-0.39, 0.29) is 11.9 Å². The lowest BCUT2D eigenvalue weighted by molar-refractivity contribution is -0.121. The van der Waals surface area contributed by atoms with Gasteiger partial charge < -0.3 is 11.1 Å². The summed E-state index contributed by atoms with van der Waals surface area (Å²) in [5, 5.41) is 2.87. The first-order chi connectivity index (χ1) is 9.65. The average molecular weight is 268 g/mol. The SMILES string of the molecule is CC(N)CC(=O)NCc1ccc(-c2ccccc2)cc1. The second-order valence-corrected chi connectivity index (χ2v) is 5.02. The lowest BCUT2D eigenvalue weighted by Crippen LogP contribution is -2.29. The van der Waals surface area contributed by atoms with Crippen LogP contribution in [0.25, 0.3) is 11.1 Å². The molecule has 1 amide bonds. The molecular formula is C17H20N2O. The monoisotopic (exact) mass is 268 g/mol. The highest BCUT2D eigenvalue weighted by atomic mass is 16.1. The third kappa shape index (κ3) is 4.21. The van der Waals surface area contributed by atoms with Crippen LogP contribution in [0, 0.1) is 0 Å². The minimum absolute atomic E-state index is 0.00728. The fraction of sp³-hybridized carbons (Fsp3) is 0.235. The first-order valence-electron chi connectivity index (χ1n) is 6.82. The largest absolute Gasteiger partial charge is 0.352 e. The van der Waals surface area contributed by atoms with Crippen molar-refractivity contribution in [3.8, 4) is 11.1 Å². The Morgan fingerprint density at radius 3 is 2.25 bits per heavy atom. The molecule has 3 N–H and O–H groups in total. The molecular weight excluding hydrogens is 248 g/mol. The Morgan fingerprint density at radius 2 is 1.65 bits per heavy atom. The summed E-state index contributed by atoms with van der Waals surface area (Å²) >= 11 is 0. The van der Waals surface area contributed by atoms with Gasteiger partial charge >= 0.3 is 0 Å². The fourth-order valence-corrected chi connectivity index (χ4v) is 2.01. The molecule has 0 radical (unpaired) electrons. The van der Waals surface area contributed by atoms with Gasteiger partial charge in [-0.05, 0) is 23.6 Å². The summed E-state index contributed by atoms with van der Waals surface area (Å²) in [5.74, 6) is -0.00728. The van der Waals surface area contributed by atoms with Crippen LogP contribution in [0.15, 0.2) is 54.6 Å². The summed E-state index contributed by atoms with van der Waals surface area (Å²) in [5.41, 5.74) is 9.04. The quantitative estimate of drug-likeness (QED) is 0.876. The summed E-state index contributed by atoms with van der Waals surface area (Å²) in [6.07, 6.45) is 0.363. The summed E-state index contributed by atoms with van der Waals surface area (Å²) in [4.78, 5) is 11.5. The zero-order valence-corrected chi connectivity index (χ0v) is 11.7. The molecule has 0 saturated carbocycles. The molecule has 0 aliphatic carbocycles. The number of benzene rings is 2. The Morgan fingerprint density at radius 1 is 1.05 bits per heavy atom. The van der Waals surface area contributed by atoms with Crippen molar-refractivity contribution in [2.75, 3.05) is 0 Å². The lowest BCUT2D eigenvalue weighted by Gasteiger charge is -2.08. The van der Waals surface area contributed by atoms with E-state index in [0.29, 0.717) is 13.0 Å². The molecule has 0 bridgehead atoms. The van der Waals surface area contributed by atoms with Crippen LogP contribution < -0.4 is 11.1 Å². The van der Waals surface area contributed by atoms with E-state index in [1.165, 1.54) is 11.1 Å². The molecule has 2 aromatic carbocycles. The number of hydrogen-bond donors (Lipinski definition) is 2. The van der Waals surface area contributed by atoms with Gasteiger partial charge in [0.25, 0.3) is 0 Å². The number of carbonyl (C=O) groups is 1. The van der Waals surface area contributed by atoms with E-state index in [2.05, 4.69) is 29.6 Å². The zero-order chi connectivity index (χ0) is 14.4. The van der Waals surface area contributed by atoms with E-state index >= 15 is 0 Å². The van der Waals surface area contributed by atoms with Gasteiger partial charge in [-0.25, -0.2) is 0 Å². The highest BCUT2D eigenvalue weighted by Gasteiger charge is 2.04. The number of nitrogens with one attached hydrogen (secondary N) is 1. The van der Waals surface area contributed by atoms with Crippen molar-refractivity contribution in [2.45, 2.75) is 25.9 Å². The number of rotatable bonds is 5. The maximum absolute atomic E-state index is 11.5. The lowest BCUT2D eigenvalue weighted by atomic mass is 10.0. The van der Waals surface area contributed by atoms with Crippen LogP contribution in [0.1, 0.15) is 18.9 Å². The van der Waals surface area contributed by atoms with Gasteiger partial charge in [-0.2, -0.15) is 0 Å². The minimum Gasteiger partial charge on any atom is -0.352 e. The smallest absolute Gasteiger partial charge is 0.221 e. The molecule has 0 aromatic heterocycles. The molecule has 3 heteroatoms. The Bertz CT molecular complexity index is 547. The van der Waals surface area contributed by atoms with Crippen LogP contribution in [0.4, 0.5) is 0 Å². The van der Waals surface area contributed by atoms with Crippen LogP contribution in [0.3, 0.4) is 0 Å². The molecule has 0 heterocycles. The van der Waals surface area contributed by atoms with Crippen molar-refractivity contribution in [1.82, 2.24) is 5.32 Å². The van der Waals surface area contributed by atoms with Crippen LogP contribution in [-0.2, 0) is 11.3 Å². The van der Waals surface area contributed by atoms with E-state index in [4.69, 9.17) is 5.73 Å². The molecule has 2 rings (SSSR count). The maximum atomic E-state index is 11.5. The third-order valence-corrected chi connectivity index (χ3v) is 3.06. The third-order valence-electron chi connectivity index (χ3n) is 3.06. The van der Waals surface area contributed by atoms with Gasteiger partial charge in [-0.3, -0.25) is 4.79 Å². The van der Waals surface area contributed by atoms with Gasteiger partial charge in [-0.15, -0.1) is 0 Å². The predicted molar refractivity (Wildman–Crippen MR) is 82.0 cm³/mol. The van der Waals surface area contributed by atoms with E-state index < -0.39 is 0 Å². The Kier molecular flexibility index (Phi) is 4.91. The fourth-order valence-electron chi connectivity index (χ4n) is 2.01. The highest BCUT2D eigenvalue weighted by Crippen LogP contribution is 2.19. The summed E-state index contributed by atoms with van der Waals surface area (Å²) in [7, 11) is 0. The van der Waals surface area contributed by atoms with Crippen molar-refractivity contribution < 1.29 is 4.79 Å². The molecule has 0 saturated heterocycles. The second kappa shape index (κ2) is 6.87. The van der Waals surface area contributed by atoms with E-state index in [1.54, 1.807) is 0 Å². The van der Waals surface area contributed by atoms with Crippen molar-refractivity contribution in [3.05, 3.63) is 60.2 Å². The van der Waals surface area contributed by atoms with Gasteiger partial charge in [0.1, 0.15) is 0 Å². The van der Waals surface area contributed by atoms with Crippen LogP contribution in [0.2, 0.25) is 0 Å². The van der Waals surface area contributed by atoms with Crippen molar-refractivity contribution in [2.24, 2.45) is 5.73 Å².